The summed E-state index contributed by atoms with van der Waals surface area (Å²) in [6.07, 6.45) is 1.99. The van der Waals surface area contributed by atoms with E-state index in [9.17, 15) is 14.0 Å². The number of nitrogens with two attached hydrogens (primary N) is 1. The Hall–Kier alpha value is -2.11. The first kappa shape index (κ1) is 14.3. The first-order valence-electron chi connectivity index (χ1n) is 6.57. The van der Waals surface area contributed by atoms with Crippen molar-refractivity contribution in [1.29, 1.82) is 0 Å². The molecule has 0 unspecified atom stereocenters. The van der Waals surface area contributed by atoms with Gasteiger partial charge < -0.3 is 15.5 Å². The third-order valence-corrected chi connectivity index (χ3v) is 3.40. The fraction of sp³-hybridized carbons (Fsp3) is 0.429. The monoisotopic (exact) mass is 279 g/mol. The number of amides is 2. The van der Waals surface area contributed by atoms with Crippen LogP contribution in [0.2, 0.25) is 0 Å². The van der Waals surface area contributed by atoms with Crippen LogP contribution in [0.25, 0.3) is 0 Å². The van der Waals surface area contributed by atoms with Gasteiger partial charge in [-0.3, -0.25) is 9.59 Å². The lowest BCUT2D eigenvalue weighted by Gasteiger charge is -2.21. The molecule has 0 spiro atoms. The van der Waals surface area contributed by atoms with Crippen molar-refractivity contribution in [3.05, 3.63) is 29.6 Å². The molecule has 0 bridgehead atoms. The topological polar surface area (TPSA) is 66.6 Å². The van der Waals surface area contributed by atoms with Gasteiger partial charge in [0.25, 0.3) is 5.91 Å². The fourth-order valence-electron chi connectivity index (χ4n) is 2.25. The molecule has 2 N–H and O–H groups in total. The molecule has 6 heteroatoms. The Morgan fingerprint density at radius 2 is 2.00 bits per heavy atom. The molecule has 20 heavy (non-hydrogen) atoms. The van der Waals surface area contributed by atoms with Gasteiger partial charge in [-0.1, -0.05) is 0 Å². The molecule has 1 aliphatic heterocycles. The molecular weight excluding hydrogens is 261 g/mol. The predicted octanol–water partition coefficient (Wildman–Crippen LogP) is 1.10. The van der Waals surface area contributed by atoms with Crippen molar-refractivity contribution in [1.82, 2.24) is 9.80 Å². The first-order valence-corrected chi connectivity index (χ1v) is 6.57. The van der Waals surface area contributed by atoms with Crippen molar-refractivity contribution >= 4 is 17.5 Å². The van der Waals surface area contributed by atoms with E-state index in [4.69, 9.17) is 5.73 Å². The molecule has 1 aliphatic rings. The van der Waals surface area contributed by atoms with Gasteiger partial charge in [0.05, 0.1) is 12.1 Å². The number of rotatable bonds is 3. The van der Waals surface area contributed by atoms with Crippen LogP contribution in [-0.2, 0) is 4.79 Å². The van der Waals surface area contributed by atoms with Gasteiger partial charge in [-0.2, -0.15) is 0 Å². The maximum atomic E-state index is 13.6. The number of likely N-dealkylation sites (tertiary alicyclic amines) is 1. The second-order valence-electron chi connectivity index (χ2n) is 4.99. The van der Waals surface area contributed by atoms with Gasteiger partial charge in [0.2, 0.25) is 5.91 Å². The minimum atomic E-state index is -0.635. The van der Waals surface area contributed by atoms with E-state index < -0.39 is 11.7 Å². The molecule has 0 aliphatic carbocycles. The number of benzene rings is 1. The molecule has 1 heterocycles. The standard InChI is InChI=1S/C14H18FN3O2/c1-17(9-13(19)18-6-2-3-7-18)14(20)11-8-10(16)4-5-12(11)15/h4-5,8H,2-3,6-7,9,16H2,1H3. The Labute approximate surface area is 117 Å². The number of hydrogen-bond donors (Lipinski definition) is 1. The quantitative estimate of drug-likeness (QED) is 0.843. The molecule has 1 aromatic carbocycles. The van der Waals surface area contributed by atoms with Gasteiger partial charge >= 0.3 is 0 Å². The van der Waals surface area contributed by atoms with Gasteiger partial charge in [-0.05, 0) is 31.0 Å². The number of carbonyl (C=O) groups excluding carboxylic acids is 2. The summed E-state index contributed by atoms with van der Waals surface area (Å²) in [4.78, 5) is 27.0. The van der Waals surface area contributed by atoms with Crippen LogP contribution in [0.15, 0.2) is 18.2 Å². The molecule has 0 saturated carbocycles. The summed E-state index contributed by atoms with van der Waals surface area (Å²) in [6, 6.07) is 3.83. The number of halogens is 1. The van der Waals surface area contributed by atoms with E-state index in [2.05, 4.69) is 0 Å². The van der Waals surface area contributed by atoms with Gasteiger partial charge in [0, 0.05) is 25.8 Å². The predicted molar refractivity (Wildman–Crippen MR) is 73.6 cm³/mol. The Bertz CT molecular complexity index is 527. The van der Waals surface area contributed by atoms with E-state index in [0.29, 0.717) is 5.69 Å². The van der Waals surface area contributed by atoms with Gasteiger partial charge in [-0.15, -0.1) is 0 Å². The average Bonchev–Trinajstić information content (AvgIpc) is 2.94. The highest BCUT2D eigenvalue weighted by Gasteiger charge is 2.23. The zero-order valence-corrected chi connectivity index (χ0v) is 11.4. The lowest BCUT2D eigenvalue weighted by molar-refractivity contribution is -0.130. The summed E-state index contributed by atoms with van der Waals surface area (Å²) in [5, 5.41) is 0. The number of nitrogen functional groups attached to an aromatic ring is 1. The van der Waals surface area contributed by atoms with Crippen LogP contribution in [0.3, 0.4) is 0 Å². The smallest absolute Gasteiger partial charge is 0.257 e. The van der Waals surface area contributed by atoms with Crippen LogP contribution in [0, 0.1) is 5.82 Å². The van der Waals surface area contributed by atoms with Crippen LogP contribution in [-0.4, -0.2) is 48.3 Å². The van der Waals surface area contributed by atoms with Crippen molar-refractivity contribution in [2.75, 3.05) is 32.4 Å². The van der Waals surface area contributed by atoms with Crippen LogP contribution in [0.5, 0.6) is 0 Å². The molecule has 2 amide bonds. The Morgan fingerprint density at radius 1 is 1.35 bits per heavy atom. The normalized spacial score (nSPS) is 14.4. The molecule has 0 radical (unpaired) electrons. The van der Waals surface area contributed by atoms with Crippen molar-refractivity contribution in [3.63, 3.8) is 0 Å². The van der Waals surface area contributed by atoms with E-state index in [1.54, 1.807) is 4.90 Å². The van der Waals surface area contributed by atoms with Crippen LogP contribution in [0.4, 0.5) is 10.1 Å². The molecule has 1 fully saturated rings. The molecule has 2 rings (SSSR count). The molecule has 1 aromatic rings. The summed E-state index contributed by atoms with van der Waals surface area (Å²) in [7, 11) is 1.49. The van der Waals surface area contributed by atoms with Crippen molar-refractivity contribution in [3.8, 4) is 0 Å². The van der Waals surface area contributed by atoms with Crippen molar-refractivity contribution < 1.29 is 14.0 Å². The number of anilines is 1. The number of nitrogens with zero attached hydrogens (tertiary/aromatic N) is 2. The second-order valence-corrected chi connectivity index (χ2v) is 4.99. The Morgan fingerprint density at radius 3 is 2.65 bits per heavy atom. The van der Waals surface area contributed by atoms with Gasteiger partial charge in [-0.25, -0.2) is 4.39 Å². The molecule has 0 aromatic heterocycles. The van der Waals surface area contributed by atoms with Crippen molar-refractivity contribution in [2.24, 2.45) is 0 Å². The number of likely N-dealkylation sites (N-methyl/N-ethyl adjacent to an activating group) is 1. The number of hydrogen-bond acceptors (Lipinski definition) is 3. The van der Waals surface area contributed by atoms with Crippen LogP contribution >= 0.6 is 0 Å². The lowest BCUT2D eigenvalue weighted by Crippen LogP contribution is -2.40. The molecule has 1 saturated heterocycles. The summed E-state index contributed by atoms with van der Waals surface area (Å²) in [6.45, 7) is 1.41. The zero-order valence-electron chi connectivity index (χ0n) is 11.4. The summed E-state index contributed by atoms with van der Waals surface area (Å²) >= 11 is 0. The van der Waals surface area contributed by atoms with E-state index in [1.165, 1.54) is 24.1 Å². The minimum Gasteiger partial charge on any atom is -0.399 e. The summed E-state index contributed by atoms with van der Waals surface area (Å²) < 4.78 is 13.6. The zero-order chi connectivity index (χ0) is 14.7. The largest absolute Gasteiger partial charge is 0.399 e. The van der Waals surface area contributed by atoms with E-state index in [-0.39, 0.29) is 18.0 Å². The average molecular weight is 279 g/mol. The maximum Gasteiger partial charge on any atom is 0.257 e. The highest BCUT2D eigenvalue weighted by Crippen LogP contribution is 2.14. The molecule has 108 valence electrons. The minimum absolute atomic E-state index is 0.0485. The SMILES string of the molecule is CN(CC(=O)N1CCCC1)C(=O)c1cc(N)ccc1F. The fourth-order valence-corrected chi connectivity index (χ4v) is 2.25. The lowest BCUT2D eigenvalue weighted by atomic mass is 10.1. The van der Waals surface area contributed by atoms with Gasteiger partial charge in [0.1, 0.15) is 5.82 Å². The third-order valence-electron chi connectivity index (χ3n) is 3.40. The van der Waals surface area contributed by atoms with E-state index in [1.807, 2.05) is 0 Å². The second kappa shape index (κ2) is 5.90. The van der Waals surface area contributed by atoms with Crippen LogP contribution < -0.4 is 5.73 Å². The van der Waals surface area contributed by atoms with Crippen LogP contribution in [0.1, 0.15) is 23.2 Å². The van der Waals surface area contributed by atoms with Crippen molar-refractivity contribution in [2.45, 2.75) is 12.8 Å². The first-order chi connectivity index (χ1) is 9.49. The van der Waals surface area contributed by atoms with E-state index >= 15 is 0 Å². The summed E-state index contributed by atoms with van der Waals surface area (Å²) in [5.41, 5.74) is 5.76. The molecular formula is C14H18FN3O2. The van der Waals surface area contributed by atoms with E-state index in [0.717, 1.165) is 32.0 Å². The highest BCUT2D eigenvalue weighted by molar-refractivity contribution is 5.97. The Balaban J connectivity index is 2.04. The Kier molecular flexibility index (Phi) is 4.22. The summed E-state index contributed by atoms with van der Waals surface area (Å²) in [5.74, 6) is -1.28. The van der Waals surface area contributed by atoms with Gasteiger partial charge in [0.15, 0.2) is 0 Å². The third kappa shape index (κ3) is 3.07. The maximum absolute atomic E-state index is 13.6. The molecule has 5 nitrogen and oxygen atoms in total. The highest BCUT2D eigenvalue weighted by atomic mass is 19.1. The number of carbonyl (C=O) groups is 2. The molecule has 0 atom stereocenters.